The number of rotatable bonds is 4. The summed E-state index contributed by atoms with van der Waals surface area (Å²) in [7, 11) is 0. The van der Waals surface area contributed by atoms with Gasteiger partial charge in [0.15, 0.2) is 0 Å². The number of nitrogens with zero attached hydrogens (tertiary/aromatic N) is 2. The molecule has 0 radical (unpaired) electrons. The summed E-state index contributed by atoms with van der Waals surface area (Å²) in [6, 6.07) is 6.08. The number of aryl methyl sites for hydroxylation is 2. The Hall–Kier alpha value is -1.39. The molecule has 1 amide bonds. The van der Waals surface area contributed by atoms with Crippen molar-refractivity contribution in [2.45, 2.75) is 20.3 Å². The van der Waals surface area contributed by atoms with Gasteiger partial charge in [-0.05, 0) is 45.0 Å². The summed E-state index contributed by atoms with van der Waals surface area (Å²) in [5.74, 6) is 0.171. The van der Waals surface area contributed by atoms with E-state index in [1.807, 2.05) is 30.9 Å². The number of amides is 1. The van der Waals surface area contributed by atoms with Crippen molar-refractivity contribution in [3.63, 3.8) is 0 Å². The van der Waals surface area contributed by atoms with E-state index in [2.05, 4.69) is 11.0 Å². The van der Waals surface area contributed by atoms with Crippen LogP contribution in [0.2, 0.25) is 0 Å². The highest BCUT2D eigenvalue weighted by atomic mass is 16.2. The van der Waals surface area contributed by atoms with Gasteiger partial charge in [-0.1, -0.05) is 17.7 Å². The third kappa shape index (κ3) is 3.58. The van der Waals surface area contributed by atoms with Crippen LogP contribution in [0, 0.1) is 13.8 Å². The van der Waals surface area contributed by atoms with Crippen molar-refractivity contribution in [2.24, 2.45) is 5.73 Å². The maximum absolute atomic E-state index is 12.6. The molecule has 4 heteroatoms. The molecule has 1 heterocycles. The number of hydrogen-bond acceptors (Lipinski definition) is 3. The summed E-state index contributed by atoms with van der Waals surface area (Å²) >= 11 is 0. The fraction of sp³-hybridized carbons (Fsp3) is 0.562. The molecular weight excluding hydrogens is 250 g/mol. The van der Waals surface area contributed by atoms with Crippen LogP contribution in [0.1, 0.15) is 27.9 Å². The largest absolute Gasteiger partial charge is 0.336 e. The molecule has 0 bridgehead atoms. The van der Waals surface area contributed by atoms with E-state index in [4.69, 9.17) is 5.73 Å². The van der Waals surface area contributed by atoms with Gasteiger partial charge in [-0.25, -0.2) is 0 Å². The fourth-order valence-electron chi connectivity index (χ4n) is 2.63. The second-order valence-corrected chi connectivity index (χ2v) is 5.59. The lowest BCUT2D eigenvalue weighted by atomic mass is 10.0. The normalized spacial score (nSPS) is 16.4. The van der Waals surface area contributed by atoms with E-state index >= 15 is 0 Å². The first kappa shape index (κ1) is 15.0. The van der Waals surface area contributed by atoms with Crippen LogP contribution in [0.25, 0.3) is 0 Å². The van der Waals surface area contributed by atoms with Crippen LogP contribution in [-0.4, -0.2) is 55.0 Å². The van der Waals surface area contributed by atoms with Gasteiger partial charge in [0.25, 0.3) is 5.91 Å². The van der Waals surface area contributed by atoms with Crippen molar-refractivity contribution in [3.8, 4) is 0 Å². The zero-order valence-corrected chi connectivity index (χ0v) is 12.6. The first-order valence-electron chi connectivity index (χ1n) is 7.41. The molecule has 110 valence electrons. The fourth-order valence-corrected chi connectivity index (χ4v) is 2.63. The molecule has 20 heavy (non-hydrogen) atoms. The quantitative estimate of drug-likeness (QED) is 0.904. The topological polar surface area (TPSA) is 49.6 Å². The van der Waals surface area contributed by atoms with E-state index in [-0.39, 0.29) is 5.91 Å². The number of nitrogens with two attached hydrogens (primary N) is 1. The molecule has 2 rings (SSSR count). The van der Waals surface area contributed by atoms with Gasteiger partial charge < -0.3 is 10.6 Å². The van der Waals surface area contributed by atoms with Crippen LogP contribution in [0.15, 0.2) is 18.2 Å². The van der Waals surface area contributed by atoms with Gasteiger partial charge in [0.05, 0.1) is 0 Å². The molecule has 1 saturated heterocycles. The molecular formula is C16H25N3O. The molecule has 1 aromatic carbocycles. The second kappa shape index (κ2) is 6.86. The predicted molar refractivity (Wildman–Crippen MR) is 81.9 cm³/mol. The van der Waals surface area contributed by atoms with Crippen LogP contribution < -0.4 is 5.73 Å². The van der Waals surface area contributed by atoms with E-state index in [1.54, 1.807) is 0 Å². The van der Waals surface area contributed by atoms with Gasteiger partial charge in [0.1, 0.15) is 0 Å². The predicted octanol–water partition coefficient (Wildman–Crippen LogP) is 1.41. The van der Waals surface area contributed by atoms with Crippen molar-refractivity contribution < 1.29 is 4.79 Å². The zero-order valence-electron chi connectivity index (χ0n) is 12.6. The molecule has 1 aromatic rings. The van der Waals surface area contributed by atoms with Crippen molar-refractivity contribution in [1.29, 1.82) is 0 Å². The molecule has 4 nitrogen and oxygen atoms in total. The van der Waals surface area contributed by atoms with Crippen LogP contribution in [0.5, 0.6) is 0 Å². The Bertz CT molecular complexity index is 465. The lowest BCUT2D eigenvalue weighted by Gasteiger charge is -2.35. The van der Waals surface area contributed by atoms with E-state index in [0.717, 1.165) is 62.4 Å². The van der Waals surface area contributed by atoms with Crippen molar-refractivity contribution in [3.05, 3.63) is 34.9 Å². The summed E-state index contributed by atoms with van der Waals surface area (Å²) in [4.78, 5) is 16.9. The average Bonchev–Trinajstić information content (AvgIpc) is 2.47. The number of carbonyl (C=O) groups is 1. The lowest BCUT2D eigenvalue weighted by molar-refractivity contribution is 0.0636. The van der Waals surface area contributed by atoms with Gasteiger partial charge in [0.2, 0.25) is 0 Å². The third-order valence-electron chi connectivity index (χ3n) is 3.96. The maximum Gasteiger partial charge on any atom is 0.254 e. The van der Waals surface area contributed by atoms with E-state index < -0.39 is 0 Å². The zero-order chi connectivity index (χ0) is 14.5. The molecule has 1 aliphatic rings. The number of benzene rings is 1. The summed E-state index contributed by atoms with van der Waals surface area (Å²) in [6.07, 6.45) is 1.03. The molecule has 1 fully saturated rings. The van der Waals surface area contributed by atoms with Gasteiger partial charge in [0, 0.05) is 31.7 Å². The Morgan fingerprint density at radius 3 is 2.55 bits per heavy atom. The molecule has 0 aliphatic carbocycles. The average molecular weight is 275 g/mol. The van der Waals surface area contributed by atoms with Crippen LogP contribution >= 0.6 is 0 Å². The Morgan fingerprint density at radius 2 is 1.90 bits per heavy atom. The second-order valence-electron chi connectivity index (χ2n) is 5.59. The molecule has 0 atom stereocenters. The lowest BCUT2D eigenvalue weighted by Crippen LogP contribution is -2.49. The maximum atomic E-state index is 12.6. The Labute approximate surface area is 121 Å². The molecule has 2 N–H and O–H groups in total. The molecule has 1 aliphatic heterocycles. The standard InChI is InChI=1S/C16H25N3O/c1-13-4-5-14(2)15(12-13)16(20)19-10-8-18(9-11-19)7-3-6-17/h4-5,12H,3,6-11,17H2,1-2H3. The number of carbonyl (C=O) groups excluding carboxylic acids is 1. The van der Waals surface area contributed by atoms with Gasteiger partial charge in [-0.2, -0.15) is 0 Å². The van der Waals surface area contributed by atoms with Gasteiger partial charge in [-0.3, -0.25) is 9.69 Å². The summed E-state index contributed by atoms with van der Waals surface area (Å²) in [6.45, 7) is 9.36. The smallest absolute Gasteiger partial charge is 0.254 e. The SMILES string of the molecule is Cc1ccc(C)c(C(=O)N2CCN(CCCN)CC2)c1. The van der Waals surface area contributed by atoms with Gasteiger partial charge >= 0.3 is 0 Å². The highest BCUT2D eigenvalue weighted by molar-refractivity contribution is 5.95. The van der Waals surface area contributed by atoms with Crippen molar-refractivity contribution >= 4 is 5.91 Å². The number of piperazine rings is 1. The van der Waals surface area contributed by atoms with Crippen LogP contribution in [0.3, 0.4) is 0 Å². The number of hydrogen-bond donors (Lipinski definition) is 1. The Morgan fingerprint density at radius 1 is 1.20 bits per heavy atom. The molecule has 0 aromatic heterocycles. The van der Waals surface area contributed by atoms with Crippen LogP contribution in [-0.2, 0) is 0 Å². The summed E-state index contributed by atoms with van der Waals surface area (Å²) in [5, 5.41) is 0. The summed E-state index contributed by atoms with van der Waals surface area (Å²) in [5.41, 5.74) is 8.59. The van der Waals surface area contributed by atoms with Crippen molar-refractivity contribution in [1.82, 2.24) is 9.80 Å². The summed E-state index contributed by atoms with van der Waals surface area (Å²) < 4.78 is 0. The highest BCUT2D eigenvalue weighted by Crippen LogP contribution is 2.15. The van der Waals surface area contributed by atoms with Gasteiger partial charge in [-0.15, -0.1) is 0 Å². The molecule has 0 saturated carbocycles. The molecule has 0 unspecified atom stereocenters. The minimum Gasteiger partial charge on any atom is -0.336 e. The first-order chi connectivity index (χ1) is 9.61. The highest BCUT2D eigenvalue weighted by Gasteiger charge is 2.22. The minimum atomic E-state index is 0.171. The van der Waals surface area contributed by atoms with E-state index in [1.165, 1.54) is 0 Å². The Kier molecular flexibility index (Phi) is 5.15. The van der Waals surface area contributed by atoms with E-state index in [9.17, 15) is 4.79 Å². The van der Waals surface area contributed by atoms with Crippen molar-refractivity contribution in [2.75, 3.05) is 39.3 Å². The minimum absolute atomic E-state index is 0.171. The van der Waals surface area contributed by atoms with E-state index in [0.29, 0.717) is 0 Å². The third-order valence-corrected chi connectivity index (χ3v) is 3.96. The van der Waals surface area contributed by atoms with Crippen LogP contribution in [0.4, 0.5) is 0 Å². The Balaban J connectivity index is 1.96. The first-order valence-corrected chi connectivity index (χ1v) is 7.41. The monoisotopic (exact) mass is 275 g/mol. The molecule has 0 spiro atoms.